The summed E-state index contributed by atoms with van der Waals surface area (Å²) >= 11 is 1.58. The summed E-state index contributed by atoms with van der Waals surface area (Å²) in [4.78, 5) is 16.9. The quantitative estimate of drug-likeness (QED) is 0.796. The van der Waals surface area contributed by atoms with Crippen molar-refractivity contribution in [2.24, 2.45) is 0 Å². The highest BCUT2D eigenvalue weighted by Crippen LogP contribution is 2.19. The lowest BCUT2D eigenvalue weighted by molar-refractivity contribution is 0.112. The Morgan fingerprint density at radius 2 is 2.22 bits per heavy atom. The average Bonchev–Trinajstić information content (AvgIpc) is 2.73. The van der Waals surface area contributed by atoms with Gasteiger partial charge in [-0.1, -0.05) is 0 Å². The lowest BCUT2D eigenvalue weighted by atomic mass is 10.2. The molecule has 94 valence electrons. The number of carbonyl (C=O) groups is 1. The van der Waals surface area contributed by atoms with E-state index in [1.165, 1.54) is 12.1 Å². The van der Waals surface area contributed by atoms with E-state index in [1.807, 2.05) is 24.3 Å². The Bertz CT molecular complexity index is 568. The Morgan fingerprint density at radius 1 is 1.44 bits per heavy atom. The standard InChI is InChI=1S/C13H13FN2OS/c1-9-15-12(8-18-9)6-16(2)13-4-10(7-17)3-11(14)5-13/h3-5,7-8H,6H2,1-2H3. The second-order valence-electron chi connectivity index (χ2n) is 4.07. The minimum Gasteiger partial charge on any atom is -0.369 e. The van der Waals surface area contributed by atoms with Gasteiger partial charge in [0.2, 0.25) is 0 Å². The number of hydrogen-bond acceptors (Lipinski definition) is 4. The smallest absolute Gasteiger partial charge is 0.150 e. The third-order valence-electron chi connectivity index (χ3n) is 2.55. The molecule has 3 nitrogen and oxygen atoms in total. The highest BCUT2D eigenvalue weighted by molar-refractivity contribution is 7.09. The fourth-order valence-corrected chi connectivity index (χ4v) is 2.30. The first-order valence-electron chi connectivity index (χ1n) is 5.46. The molecule has 18 heavy (non-hydrogen) atoms. The fraction of sp³-hybridized carbons (Fsp3) is 0.231. The number of halogens is 1. The summed E-state index contributed by atoms with van der Waals surface area (Å²) in [6.45, 7) is 2.53. The molecular formula is C13H13FN2OS. The zero-order valence-corrected chi connectivity index (χ0v) is 11.0. The number of aromatic nitrogens is 1. The molecule has 2 rings (SSSR count). The molecule has 0 aliphatic carbocycles. The van der Waals surface area contributed by atoms with Gasteiger partial charge in [0.1, 0.15) is 12.1 Å². The van der Waals surface area contributed by atoms with Gasteiger partial charge in [-0.25, -0.2) is 9.37 Å². The lowest BCUT2D eigenvalue weighted by Crippen LogP contribution is -2.17. The third-order valence-corrected chi connectivity index (χ3v) is 3.37. The van der Waals surface area contributed by atoms with E-state index in [2.05, 4.69) is 4.98 Å². The molecule has 0 saturated heterocycles. The second kappa shape index (κ2) is 5.27. The number of rotatable bonds is 4. The van der Waals surface area contributed by atoms with E-state index < -0.39 is 5.82 Å². The third kappa shape index (κ3) is 2.92. The minimum atomic E-state index is -0.407. The van der Waals surface area contributed by atoms with Crippen LogP contribution in [0.3, 0.4) is 0 Å². The highest BCUT2D eigenvalue weighted by atomic mass is 32.1. The van der Waals surface area contributed by atoms with Crippen molar-refractivity contribution in [3.63, 3.8) is 0 Å². The Balaban J connectivity index is 2.20. The molecule has 0 radical (unpaired) electrons. The Hall–Kier alpha value is -1.75. The van der Waals surface area contributed by atoms with Crippen LogP contribution >= 0.6 is 11.3 Å². The Morgan fingerprint density at radius 3 is 2.83 bits per heavy atom. The topological polar surface area (TPSA) is 33.2 Å². The van der Waals surface area contributed by atoms with Crippen molar-refractivity contribution >= 4 is 23.3 Å². The van der Waals surface area contributed by atoms with Crippen molar-refractivity contribution in [2.45, 2.75) is 13.5 Å². The molecule has 0 atom stereocenters. The van der Waals surface area contributed by atoms with Crippen molar-refractivity contribution in [1.82, 2.24) is 4.98 Å². The summed E-state index contributed by atoms with van der Waals surface area (Å²) in [7, 11) is 1.85. The first-order valence-corrected chi connectivity index (χ1v) is 6.34. The molecule has 0 unspecified atom stereocenters. The van der Waals surface area contributed by atoms with Gasteiger partial charge in [-0.3, -0.25) is 4.79 Å². The van der Waals surface area contributed by atoms with Crippen LogP contribution in [0.1, 0.15) is 21.1 Å². The predicted molar refractivity (Wildman–Crippen MR) is 70.7 cm³/mol. The monoisotopic (exact) mass is 264 g/mol. The largest absolute Gasteiger partial charge is 0.369 e. The Labute approximate surface area is 109 Å². The zero-order valence-electron chi connectivity index (χ0n) is 10.2. The molecule has 0 fully saturated rings. The van der Waals surface area contributed by atoms with Gasteiger partial charge in [0.25, 0.3) is 0 Å². The molecule has 2 aromatic rings. The zero-order chi connectivity index (χ0) is 13.1. The van der Waals surface area contributed by atoms with Crippen LogP contribution in [0.15, 0.2) is 23.6 Å². The maximum atomic E-state index is 13.3. The molecule has 0 bridgehead atoms. The van der Waals surface area contributed by atoms with Crippen LogP contribution in [0.25, 0.3) is 0 Å². The second-order valence-corrected chi connectivity index (χ2v) is 5.14. The molecule has 0 amide bonds. The van der Waals surface area contributed by atoms with Gasteiger partial charge in [-0.15, -0.1) is 11.3 Å². The predicted octanol–water partition coefficient (Wildman–Crippen LogP) is 3.04. The van der Waals surface area contributed by atoms with Gasteiger partial charge in [-0.2, -0.15) is 0 Å². The maximum absolute atomic E-state index is 13.3. The molecule has 1 aromatic carbocycles. The maximum Gasteiger partial charge on any atom is 0.150 e. The van der Waals surface area contributed by atoms with Gasteiger partial charge >= 0.3 is 0 Å². The minimum absolute atomic E-state index is 0.339. The number of nitrogens with zero attached hydrogens (tertiary/aromatic N) is 2. The van der Waals surface area contributed by atoms with Crippen molar-refractivity contribution in [2.75, 3.05) is 11.9 Å². The summed E-state index contributed by atoms with van der Waals surface area (Å²) in [5.41, 5.74) is 1.95. The number of thiazole rings is 1. The van der Waals surface area contributed by atoms with Crippen LogP contribution in [0.4, 0.5) is 10.1 Å². The van der Waals surface area contributed by atoms with Crippen molar-refractivity contribution in [3.8, 4) is 0 Å². The SMILES string of the molecule is Cc1nc(CN(C)c2cc(F)cc(C=O)c2)cs1. The van der Waals surface area contributed by atoms with Crippen molar-refractivity contribution in [3.05, 3.63) is 45.7 Å². The van der Waals surface area contributed by atoms with Crippen LogP contribution in [0, 0.1) is 12.7 Å². The van der Waals surface area contributed by atoms with Crippen molar-refractivity contribution in [1.29, 1.82) is 0 Å². The number of carbonyl (C=O) groups excluding carboxylic acids is 1. The van der Waals surface area contributed by atoms with Crippen LogP contribution in [0.2, 0.25) is 0 Å². The molecule has 1 heterocycles. The first-order chi connectivity index (χ1) is 8.58. The van der Waals surface area contributed by atoms with Crippen LogP contribution < -0.4 is 4.90 Å². The van der Waals surface area contributed by atoms with Gasteiger partial charge < -0.3 is 4.90 Å². The molecule has 1 aromatic heterocycles. The van der Waals surface area contributed by atoms with E-state index >= 15 is 0 Å². The number of aldehydes is 1. The van der Waals surface area contributed by atoms with E-state index in [0.29, 0.717) is 24.1 Å². The van der Waals surface area contributed by atoms with Gasteiger partial charge in [0, 0.05) is 23.7 Å². The number of hydrogen-bond donors (Lipinski definition) is 0. The van der Waals surface area contributed by atoms with E-state index in [1.54, 1.807) is 17.4 Å². The Kier molecular flexibility index (Phi) is 3.72. The molecule has 0 saturated carbocycles. The summed E-state index contributed by atoms with van der Waals surface area (Å²) in [5.74, 6) is -0.407. The molecule has 0 N–H and O–H groups in total. The van der Waals surface area contributed by atoms with Crippen LogP contribution in [0.5, 0.6) is 0 Å². The average molecular weight is 264 g/mol. The molecule has 5 heteroatoms. The molecule has 0 aliphatic rings. The summed E-state index contributed by atoms with van der Waals surface area (Å²) in [6.07, 6.45) is 0.646. The van der Waals surface area contributed by atoms with Gasteiger partial charge in [0.15, 0.2) is 0 Å². The molecule has 0 aliphatic heterocycles. The molecule has 0 spiro atoms. The number of aryl methyl sites for hydroxylation is 1. The first kappa shape index (κ1) is 12.7. The van der Waals surface area contributed by atoms with Crippen molar-refractivity contribution < 1.29 is 9.18 Å². The summed E-state index contributed by atoms with van der Waals surface area (Å²) in [6, 6.07) is 4.29. The number of benzene rings is 1. The van der Waals surface area contributed by atoms with Crippen LogP contribution in [-0.2, 0) is 6.54 Å². The van der Waals surface area contributed by atoms with E-state index in [0.717, 1.165) is 10.7 Å². The van der Waals surface area contributed by atoms with Gasteiger partial charge in [-0.05, 0) is 25.1 Å². The van der Waals surface area contributed by atoms with Gasteiger partial charge in [0.05, 0.1) is 17.2 Å². The van der Waals surface area contributed by atoms with E-state index in [9.17, 15) is 9.18 Å². The van der Waals surface area contributed by atoms with E-state index in [-0.39, 0.29) is 0 Å². The summed E-state index contributed by atoms with van der Waals surface area (Å²) < 4.78 is 13.3. The lowest BCUT2D eigenvalue weighted by Gasteiger charge is -2.18. The van der Waals surface area contributed by atoms with Crippen LogP contribution in [-0.4, -0.2) is 18.3 Å². The molecular weight excluding hydrogens is 251 g/mol. The fourth-order valence-electron chi connectivity index (χ4n) is 1.70. The number of anilines is 1. The highest BCUT2D eigenvalue weighted by Gasteiger charge is 2.07. The van der Waals surface area contributed by atoms with E-state index in [4.69, 9.17) is 0 Å². The normalized spacial score (nSPS) is 10.4. The summed E-state index contributed by atoms with van der Waals surface area (Å²) in [5, 5.41) is 2.98.